The first-order valence-corrected chi connectivity index (χ1v) is 5.76. The molecule has 2 heterocycles. The molecule has 0 spiro atoms. The molecule has 0 unspecified atom stereocenters. The Morgan fingerprint density at radius 2 is 2.19 bits per heavy atom. The molecule has 1 aliphatic heterocycles. The largest absolute Gasteiger partial charge is 0.381 e. The van der Waals surface area contributed by atoms with Crippen molar-refractivity contribution in [2.75, 3.05) is 25.1 Å². The van der Waals surface area contributed by atoms with Crippen molar-refractivity contribution in [1.82, 2.24) is 4.98 Å². The highest BCUT2D eigenvalue weighted by Gasteiger charge is 2.18. The molecule has 0 saturated carbocycles. The summed E-state index contributed by atoms with van der Waals surface area (Å²) in [6.07, 6.45) is 4.52. The fourth-order valence-electron chi connectivity index (χ4n) is 2.07. The number of ether oxygens (including phenoxy) is 1. The van der Waals surface area contributed by atoms with E-state index in [1.807, 2.05) is 12.3 Å². The van der Waals surface area contributed by atoms with E-state index >= 15 is 0 Å². The lowest BCUT2D eigenvalue weighted by molar-refractivity contribution is 0.0819. The molecule has 88 valence electrons. The van der Waals surface area contributed by atoms with Crippen LogP contribution >= 0.6 is 0 Å². The van der Waals surface area contributed by atoms with Crippen molar-refractivity contribution < 1.29 is 4.74 Å². The lowest BCUT2D eigenvalue weighted by Gasteiger charge is -2.32. The van der Waals surface area contributed by atoms with E-state index in [9.17, 15) is 0 Å². The maximum Gasteiger partial charge on any atom is 0.0605 e. The van der Waals surface area contributed by atoms with Crippen molar-refractivity contribution in [2.45, 2.75) is 25.5 Å². The molecule has 0 aromatic carbocycles. The van der Waals surface area contributed by atoms with Crippen molar-refractivity contribution in [3.05, 3.63) is 24.0 Å². The Morgan fingerprint density at radius 1 is 1.44 bits per heavy atom. The summed E-state index contributed by atoms with van der Waals surface area (Å²) in [7, 11) is 1.79. The van der Waals surface area contributed by atoms with Crippen LogP contribution in [0.2, 0.25) is 0 Å². The minimum absolute atomic E-state index is 0.424. The van der Waals surface area contributed by atoms with E-state index < -0.39 is 0 Å². The number of pyridine rings is 1. The second-order valence-electron chi connectivity index (χ2n) is 4.13. The molecular formula is C12H19N3O. The molecule has 0 bridgehead atoms. The van der Waals surface area contributed by atoms with Gasteiger partial charge in [0.05, 0.1) is 23.7 Å². The number of nitrogens with zero attached hydrogens (tertiary/aromatic N) is 2. The Labute approximate surface area is 96.4 Å². The highest BCUT2D eigenvalue weighted by Crippen LogP contribution is 2.20. The summed E-state index contributed by atoms with van der Waals surface area (Å²) >= 11 is 0. The molecule has 1 saturated heterocycles. The normalized spacial score (nSPS) is 17.8. The van der Waals surface area contributed by atoms with Crippen LogP contribution < -0.4 is 10.6 Å². The van der Waals surface area contributed by atoms with Gasteiger partial charge in [-0.25, -0.2) is 0 Å². The standard InChI is InChI=1S/C12H19N3O/c1-16-12-4-6-15(7-5-12)11-3-2-10(8-13)14-9-11/h2-3,9,12H,4-8,13H2,1H3. The van der Waals surface area contributed by atoms with Gasteiger partial charge >= 0.3 is 0 Å². The fraction of sp³-hybridized carbons (Fsp3) is 0.583. The molecule has 4 nitrogen and oxygen atoms in total. The maximum atomic E-state index is 5.52. The summed E-state index contributed by atoms with van der Waals surface area (Å²) in [6, 6.07) is 4.10. The predicted octanol–water partition coefficient (Wildman–Crippen LogP) is 1.16. The van der Waals surface area contributed by atoms with Gasteiger partial charge < -0.3 is 15.4 Å². The number of hydrogen-bond donors (Lipinski definition) is 1. The minimum Gasteiger partial charge on any atom is -0.381 e. The number of hydrogen-bond acceptors (Lipinski definition) is 4. The first-order valence-electron chi connectivity index (χ1n) is 5.76. The van der Waals surface area contributed by atoms with Gasteiger partial charge in [-0.05, 0) is 25.0 Å². The second-order valence-corrected chi connectivity index (χ2v) is 4.13. The van der Waals surface area contributed by atoms with E-state index in [2.05, 4.69) is 16.0 Å². The van der Waals surface area contributed by atoms with Crippen LogP contribution in [0.5, 0.6) is 0 Å². The van der Waals surface area contributed by atoms with Crippen LogP contribution in [-0.2, 0) is 11.3 Å². The number of methoxy groups -OCH3 is 1. The summed E-state index contributed by atoms with van der Waals surface area (Å²) in [5, 5.41) is 0. The van der Waals surface area contributed by atoms with Crippen molar-refractivity contribution in [1.29, 1.82) is 0 Å². The minimum atomic E-state index is 0.424. The lowest BCUT2D eigenvalue weighted by atomic mass is 10.1. The van der Waals surface area contributed by atoms with Gasteiger partial charge in [0.1, 0.15) is 0 Å². The number of aromatic nitrogens is 1. The summed E-state index contributed by atoms with van der Waals surface area (Å²) in [4.78, 5) is 6.66. The zero-order valence-electron chi connectivity index (χ0n) is 9.72. The Hall–Kier alpha value is -1.13. The first-order chi connectivity index (χ1) is 7.83. The lowest BCUT2D eigenvalue weighted by Crippen LogP contribution is -2.36. The van der Waals surface area contributed by atoms with Crippen LogP contribution in [0.3, 0.4) is 0 Å². The van der Waals surface area contributed by atoms with E-state index in [0.717, 1.165) is 31.6 Å². The molecule has 2 rings (SSSR count). The molecule has 1 aromatic rings. The molecule has 2 N–H and O–H groups in total. The second kappa shape index (κ2) is 5.27. The van der Waals surface area contributed by atoms with Gasteiger partial charge in [0.25, 0.3) is 0 Å². The molecule has 1 aliphatic rings. The highest BCUT2D eigenvalue weighted by molar-refractivity contribution is 5.44. The van der Waals surface area contributed by atoms with Crippen molar-refractivity contribution in [3.63, 3.8) is 0 Å². The number of rotatable bonds is 3. The zero-order valence-corrected chi connectivity index (χ0v) is 9.72. The van der Waals surface area contributed by atoms with E-state index in [1.165, 1.54) is 5.69 Å². The topological polar surface area (TPSA) is 51.4 Å². The zero-order chi connectivity index (χ0) is 11.4. The monoisotopic (exact) mass is 221 g/mol. The van der Waals surface area contributed by atoms with Crippen LogP contribution in [0.25, 0.3) is 0 Å². The van der Waals surface area contributed by atoms with E-state index in [1.54, 1.807) is 7.11 Å². The number of piperidine rings is 1. The smallest absolute Gasteiger partial charge is 0.0605 e. The van der Waals surface area contributed by atoms with Crippen LogP contribution in [0.4, 0.5) is 5.69 Å². The van der Waals surface area contributed by atoms with Gasteiger partial charge in [0, 0.05) is 26.7 Å². The summed E-state index contributed by atoms with van der Waals surface area (Å²) in [6.45, 7) is 2.59. The van der Waals surface area contributed by atoms with E-state index in [4.69, 9.17) is 10.5 Å². The van der Waals surface area contributed by atoms with Gasteiger partial charge in [0.2, 0.25) is 0 Å². The average Bonchev–Trinajstić information content (AvgIpc) is 2.39. The molecule has 0 radical (unpaired) electrons. The summed E-state index contributed by atoms with van der Waals surface area (Å²) < 4.78 is 5.35. The molecule has 1 aromatic heterocycles. The molecule has 1 fully saturated rings. The molecule has 0 amide bonds. The Bertz CT molecular complexity index is 318. The van der Waals surface area contributed by atoms with Crippen molar-refractivity contribution >= 4 is 5.69 Å². The van der Waals surface area contributed by atoms with Gasteiger partial charge in [-0.15, -0.1) is 0 Å². The van der Waals surface area contributed by atoms with Crippen LogP contribution in [0, 0.1) is 0 Å². The third-order valence-corrected chi connectivity index (χ3v) is 3.16. The molecule has 0 atom stereocenters. The van der Waals surface area contributed by atoms with Gasteiger partial charge in [-0.3, -0.25) is 4.98 Å². The third-order valence-electron chi connectivity index (χ3n) is 3.16. The van der Waals surface area contributed by atoms with Crippen molar-refractivity contribution in [3.8, 4) is 0 Å². The molecule has 0 aliphatic carbocycles. The number of nitrogens with two attached hydrogens (primary N) is 1. The quantitative estimate of drug-likeness (QED) is 0.832. The molecular weight excluding hydrogens is 202 g/mol. The fourth-order valence-corrected chi connectivity index (χ4v) is 2.07. The molecule has 4 heteroatoms. The van der Waals surface area contributed by atoms with E-state index in [-0.39, 0.29) is 0 Å². The van der Waals surface area contributed by atoms with Crippen LogP contribution in [0.1, 0.15) is 18.5 Å². The Balaban J connectivity index is 1.97. The van der Waals surface area contributed by atoms with Gasteiger partial charge in [-0.2, -0.15) is 0 Å². The van der Waals surface area contributed by atoms with Crippen LogP contribution in [-0.4, -0.2) is 31.3 Å². The van der Waals surface area contributed by atoms with E-state index in [0.29, 0.717) is 12.6 Å². The predicted molar refractivity (Wildman–Crippen MR) is 64.4 cm³/mol. The van der Waals surface area contributed by atoms with Crippen molar-refractivity contribution in [2.24, 2.45) is 5.73 Å². The van der Waals surface area contributed by atoms with Gasteiger partial charge in [0.15, 0.2) is 0 Å². The highest BCUT2D eigenvalue weighted by atomic mass is 16.5. The Kier molecular flexibility index (Phi) is 3.74. The SMILES string of the molecule is COC1CCN(c2ccc(CN)nc2)CC1. The van der Waals surface area contributed by atoms with Gasteiger partial charge in [-0.1, -0.05) is 0 Å². The first kappa shape index (κ1) is 11.4. The molecule has 16 heavy (non-hydrogen) atoms. The number of anilines is 1. The average molecular weight is 221 g/mol. The Morgan fingerprint density at radius 3 is 2.69 bits per heavy atom. The van der Waals surface area contributed by atoms with Crippen LogP contribution in [0.15, 0.2) is 18.3 Å². The maximum absolute atomic E-state index is 5.52. The summed E-state index contributed by atoms with van der Waals surface area (Å²) in [5.41, 5.74) is 7.65. The third kappa shape index (κ3) is 2.51. The summed E-state index contributed by atoms with van der Waals surface area (Å²) in [5.74, 6) is 0.